The largest absolute Gasteiger partial charge is 0.398 e. The fourth-order valence-corrected chi connectivity index (χ4v) is 4.20. The Morgan fingerprint density at radius 1 is 1.19 bits per heavy atom. The van der Waals surface area contributed by atoms with Gasteiger partial charge in [0.2, 0.25) is 0 Å². The molecule has 0 aliphatic heterocycles. The molecule has 0 fully saturated rings. The average Bonchev–Trinajstić information content (AvgIpc) is 2.37. The minimum Gasteiger partial charge on any atom is -0.398 e. The number of nitrogens with two attached hydrogens (primary N) is 1. The van der Waals surface area contributed by atoms with Crippen molar-refractivity contribution in [3.63, 3.8) is 0 Å². The smallest absolute Gasteiger partial charge is 0.262 e. The lowest BCUT2D eigenvalue weighted by atomic mass is 10.2. The highest BCUT2D eigenvalue weighted by Gasteiger charge is 2.20. The molecule has 0 aromatic heterocycles. The van der Waals surface area contributed by atoms with E-state index < -0.39 is 10.0 Å². The normalized spacial score (nSPS) is 11.4. The SMILES string of the molecule is Cc1ccc(NS(=O)(=O)c2cc(Br)cc(N)c2C)c(Cl)c1. The van der Waals surface area contributed by atoms with Gasteiger partial charge in [-0.15, -0.1) is 0 Å². The van der Waals surface area contributed by atoms with E-state index in [9.17, 15) is 8.42 Å². The molecule has 0 aliphatic carbocycles. The van der Waals surface area contributed by atoms with E-state index in [1.807, 2.05) is 6.92 Å². The Balaban J connectivity index is 2.48. The van der Waals surface area contributed by atoms with Crippen molar-refractivity contribution < 1.29 is 8.42 Å². The molecule has 0 bridgehead atoms. The summed E-state index contributed by atoms with van der Waals surface area (Å²) in [7, 11) is -3.77. The van der Waals surface area contributed by atoms with Crippen molar-refractivity contribution in [1.29, 1.82) is 0 Å². The van der Waals surface area contributed by atoms with Crippen LogP contribution in [-0.4, -0.2) is 8.42 Å². The van der Waals surface area contributed by atoms with Crippen LogP contribution >= 0.6 is 27.5 Å². The molecule has 0 heterocycles. The minimum atomic E-state index is -3.77. The van der Waals surface area contributed by atoms with E-state index in [1.165, 1.54) is 6.07 Å². The van der Waals surface area contributed by atoms with E-state index >= 15 is 0 Å². The molecule has 0 saturated heterocycles. The van der Waals surface area contributed by atoms with E-state index in [0.717, 1.165) is 5.56 Å². The highest BCUT2D eigenvalue weighted by molar-refractivity contribution is 9.10. The van der Waals surface area contributed by atoms with E-state index in [-0.39, 0.29) is 4.90 Å². The highest BCUT2D eigenvalue weighted by Crippen LogP contribution is 2.30. The van der Waals surface area contributed by atoms with Gasteiger partial charge < -0.3 is 5.73 Å². The summed E-state index contributed by atoms with van der Waals surface area (Å²) in [6.45, 7) is 3.54. The lowest BCUT2D eigenvalue weighted by Gasteiger charge is -2.13. The van der Waals surface area contributed by atoms with Gasteiger partial charge in [0.25, 0.3) is 10.0 Å². The number of benzene rings is 2. The van der Waals surface area contributed by atoms with Crippen LogP contribution in [0.3, 0.4) is 0 Å². The van der Waals surface area contributed by atoms with Crippen LogP contribution in [0.2, 0.25) is 5.02 Å². The molecule has 4 nitrogen and oxygen atoms in total. The quantitative estimate of drug-likeness (QED) is 0.776. The van der Waals surface area contributed by atoms with Crippen LogP contribution in [0.1, 0.15) is 11.1 Å². The molecule has 0 radical (unpaired) electrons. The Bertz CT molecular complexity index is 807. The number of anilines is 2. The fourth-order valence-electron chi connectivity index (χ4n) is 1.86. The summed E-state index contributed by atoms with van der Waals surface area (Å²) < 4.78 is 28.1. The van der Waals surface area contributed by atoms with Gasteiger partial charge in [-0.2, -0.15) is 0 Å². The Labute approximate surface area is 137 Å². The van der Waals surface area contributed by atoms with Crippen LogP contribution in [0.25, 0.3) is 0 Å². The molecule has 0 aliphatic rings. The molecule has 2 rings (SSSR count). The summed E-state index contributed by atoms with van der Waals surface area (Å²) in [5.74, 6) is 0. The van der Waals surface area contributed by atoms with Crippen molar-refractivity contribution in [2.24, 2.45) is 0 Å². The summed E-state index contributed by atoms with van der Waals surface area (Å²) in [6, 6.07) is 8.28. The first-order chi connectivity index (χ1) is 9.70. The van der Waals surface area contributed by atoms with Gasteiger partial charge in [-0.3, -0.25) is 4.72 Å². The maximum absolute atomic E-state index is 12.5. The monoisotopic (exact) mass is 388 g/mol. The lowest BCUT2D eigenvalue weighted by Crippen LogP contribution is -2.15. The third kappa shape index (κ3) is 3.51. The molecule has 0 unspecified atom stereocenters. The number of halogens is 2. The van der Waals surface area contributed by atoms with Gasteiger partial charge in [-0.25, -0.2) is 8.42 Å². The number of hydrogen-bond donors (Lipinski definition) is 2. The van der Waals surface area contributed by atoms with Gasteiger partial charge in [-0.1, -0.05) is 33.6 Å². The Kier molecular flexibility index (Phi) is 4.51. The summed E-state index contributed by atoms with van der Waals surface area (Å²) >= 11 is 9.32. The van der Waals surface area contributed by atoms with E-state index in [4.69, 9.17) is 17.3 Å². The number of sulfonamides is 1. The number of hydrogen-bond acceptors (Lipinski definition) is 3. The van der Waals surface area contributed by atoms with Crippen LogP contribution in [0.5, 0.6) is 0 Å². The summed E-state index contributed by atoms with van der Waals surface area (Å²) in [5, 5.41) is 0.346. The first-order valence-corrected chi connectivity index (χ1v) is 8.71. The Morgan fingerprint density at radius 3 is 2.48 bits per heavy atom. The molecule has 2 aromatic carbocycles. The molecule has 0 amide bonds. The van der Waals surface area contributed by atoms with Gasteiger partial charge in [-0.05, 0) is 49.2 Å². The molecule has 21 heavy (non-hydrogen) atoms. The molecule has 112 valence electrons. The van der Waals surface area contributed by atoms with Crippen LogP contribution in [0, 0.1) is 13.8 Å². The second kappa shape index (κ2) is 5.87. The number of rotatable bonds is 3. The minimum absolute atomic E-state index is 0.117. The Morgan fingerprint density at radius 2 is 1.86 bits per heavy atom. The molecule has 7 heteroatoms. The summed E-state index contributed by atoms with van der Waals surface area (Å²) in [6.07, 6.45) is 0. The zero-order chi connectivity index (χ0) is 15.8. The van der Waals surface area contributed by atoms with Crippen molar-refractivity contribution >= 4 is 48.9 Å². The predicted molar refractivity (Wildman–Crippen MR) is 90.3 cm³/mol. The van der Waals surface area contributed by atoms with Crippen LogP contribution in [-0.2, 0) is 10.0 Å². The highest BCUT2D eigenvalue weighted by atomic mass is 79.9. The van der Waals surface area contributed by atoms with Crippen molar-refractivity contribution in [1.82, 2.24) is 0 Å². The molecule has 3 N–H and O–H groups in total. The topological polar surface area (TPSA) is 72.2 Å². The van der Waals surface area contributed by atoms with Gasteiger partial charge in [0.1, 0.15) is 0 Å². The van der Waals surface area contributed by atoms with Gasteiger partial charge in [0.15, 0.2) is 0 Å². The van der Waals surface area contributed by atoms with Crippen LogP contribution in [0.4, 0.5) is 11.4 Å². The first-order valence-electron chi connectivity index (χ1n) is 6.05. The maximum atomic E-state index is 12.5. The molecular weight excluding hydrogens is 376 g/mol. The lowest BCUT2D eigenvalue weighted by molar-refractivity contribution is 0.600. The second-order valence-corrected chi connectivity index (χ2v) is 7.68. The molecule has 0 spiro atoms. The maximum Gasteiger partial charge on any atom is 0.262 e. The number of nitrogens with one attached hydrogen (secondary N) is 1. The van der Waals surface area contributed by atoms with Crippen molar-refractivity contribution in [2.75, 3.05) is 10.5 Å². The summed E-state index contributed by atoms with van der Waals surface area (Å²) in [5.41, 5.74) is 7.99. The molecular formula is C14H14BrClN2O2S. The van der Waals surface area contributed by atoms with Crippen molar-refractivity contribution in [2.45, 2.75) is 18.7 Å². The van der Waals surface area contributed by atoms with Gasteiger partial charge in [0.05, 0.1) is 15.6 Å². The second-order valence-electron chi connectivity index (χ2n) is 4.71. The van der Waals surface area contributed by atoms with Gasteiger partial charge in [0, 0.05) is 10.2 Å². The van der Waals surface area contributed by atoms with Crippen molar-refractivity contribution in [3.8, 4) is 0 Å². The van der Waals surface area contributed by atoms with Crippen LogP contribution < -0.4 is 10.5 Å². The fraction of sp³-hybridized carbons (Fsp3) is 0.143. The first kappa shape index (κ1) is 16.1. The third-order valence-corrected chi connectivity index (χ3v) is 5.29. The van der Waals surface area contributed by atoms with Crippen LogP contribution in [0.15, 0.2) is 39.7 Å². The van der Waals surface area contributed by atoms with E-state index in [1.54, 1.807) is 31.2 Å². The zero-order valence-corrected chi connectivity index (χ0v) is 14.6. The molecule has 2 aromatic rings. The molecule has 0 atom stereocenters. The van der Waals surface area contributed by atoms with E-state index in [2.05, 4.69) is 20.7 Å². The molecule has 0 saturated carbocycles. The zero-order valence-electron chi connectivity index (χ0n) is 11.4. The van der Waals surface area contributed by atoms with Gasteiger partial charge >= 0.3 is 0 Å². The number of nitrogen functional groups attached to an aromatic ring is 1. The van der Waals surface area contributed by atoms with Crippen molar-refractivity contribution in [3.05, 3.63) is 51.0 Å². The number of aryl methyl sites for hydroxylation is 1. The average molecular weight is 390 g/mol. The summed E-state index contributed by atoms with van der Waals surface area (Å²) in [4.78, 5) is 0.117. The third-order valence-electron chi connectivity index (χ3n) is 3.02. The predicted octanol–water partition coefficient (Wildman–Crippen LogP) is 4.10. The Hall–Kier alpha value is -1.24. The standard InChI is InChI=1S/C14H14BrClN2O2S/c1-8-3-4-13(11(16)5-8)18-21(19,20)14-7-10(15)6-12(17)9(14)2/h3-7,18H,17H2,1-2H3. The van der Waals surface area contributed by atoms with E-state index in [0.29, 0.717) is 26.4 Å².